The third-order valence-electron chi connectivity index (χ3n) is 25.2. The minimum atomic E-state index is -2.95. The first-order valence-corrected chi connectivity index (χ1v) is 46.3. The van der Waals surface area contributed by atoms with E-state index in [2.05, 4.69) is 67.0 Å². The van der Waals surface area contributed by atoms with Gasteiger partial charge in [0.1, 0.15) is 106 Å². The van der Waals surface area contributed by atoms with Crippen molar-refractivity contribution in [3.05, 3.63) is 284 Å². The summed E-state index contributed by atoms with van der Waals surface area (Å²) in [6.07, 6.45) is -0.00797. The molecule has 13 aromatic rings. The summed E-state index contributed by atoms with van der Waals surface area (Å²) in [5.41, 5.74) is 1.03. The van der Waals surface area contributed by atoms with Gasteiger partial charge in [-0.2, -0.15) is 0 Å². The SMILES string of the molecule is C=S1(=N)CC=C(c2cc3c(N[C@H](C)c4cccc(C(F)F)c4F)ncnc3n(C)c2=O)CC1.CC(=O)N1CCC(c2cc3c(N[C@H](C)c4cccc(C(F)F)c4F)ncnc3n(C)c2=O)CC1.C[C@@H](Nc1ncnc2c1cc(C(=O)N1CCCCC1)c(=O)n2C)c1cccc(C(F)F)c1F.C[C@@H](Nc1ncnc2c1cc(C(=O)N1CCN(C)c3ccccc31)c(=O)n2C)c1cccc(C(F)F)c1F. The Kier molecular flexibility index (Phi) is 30.3. The van der Waals surface area contributed by atoms with Gasteiger partial charge in [0.05, 0.1) is 79.3 Å². The van der Waals surface area contributed by atoms with Crippen molar-refractivity contribution < 1.29 is 67.1 Å². The van der Waals surface area contributed by atoms with Crippen LogP contribution in [0.2, 0.25) is 0 Å². The highest BCUT2D eigenvalue weighted by atomic mass is 32.2. The zero-order chi connectivity index (χ0) is 99.3. The summed E-state index contributed by atoms with van der Waals surface area (Å²) in [6, 6.07) is 26.5. The number of amides is 3. The highest BCUT2D eigenvalue weighted by molar-refractivity contribution is 8.01. The molecule has 0 spiro atoms. The van der Waals surface area contributed by atoms with E-state index in [9.17, 15) is 86.2 Å². The van der Waals surface area contributed by atoms with Crippen molar-refractivity contribution in [3.63, 3.8) is 0 Å². The Hall–Kier alpha value is -14.4. The topological polar surface area (TPSA) is 327 Å². The van der Waals surface area contributed by atoms with Crippen LogP contribution in [0, 0.1) is 28.0 Å². The molecule has 28 nitrogen and oxygen atoms in total. The molecule has 41 heteroatoms. The third kappa shape index (κ3) is 20.8. The van der Waals surface area contributed by atoms with Gasteiger partial charge in [0, 0.05) is 126 Å². The minimum absolute atomic E-state index is 0.00304. The van der Waals surface area contributed by atoms with Crippen LogP contribution in [0.3, 0.4) is 0 Å². The van der Waals surface area contributed by atoms with Crippen molar-refractivity contribution >= 4 is 117 Å². The molecule has 2 saturated heterocycles. The fraction of sp³-hybridized carbons (Fsp3) is 0.340. The zero-order valence-corrected chi connectivity index (χ0v) is 77.5. The van der Waals surface area contributed by atoms with Crippen molar-refractivity contribution in [2.24, 2.45) is 28.2 Å². The largest absolute Gasteiger partial charge is 0.371 e. The lowest BCUT2D eigenvalue weighted by atomic mass is 9.89. The van der Waals surface area contributed by atoms with Crippen molar-refractivity contribution in [3.8, 4) is 0 Å². The lowest BCUT2D eigenvalue weighted by Gasteiger charge is -2.35. The molecule has 4 aliphatic heterocycles. The molecule has 2 fully saturated rings. The van der Waals surface area contributed by atoms with Crippen LogP contribution in [0.1, 0.15) is 205 Å². The van der Waals surface area contributed by atoms with Gasteiger partial charge in [-0.3, -0.25) is 56.6 Å². The van der Waals surface area contributed by atoms with Gasteiger partial charge in [-0.05, 0) is 114 Å². The average molecular weight is 1930 g/mol. The molecule has 5 N–H and O–H groups in total. The van der Waals surface area contributed by atoms with Crippen LogP contribution < -0.4 is 53.3 Å². The fourth-order valence-electron chi connectivity index (χ4n) is 17.4. The Bertz CT molecular complexity index is 7280. The lowest BCUT2D eigenvalue weighted by Crippen LogP contribution is -2.44. The molecule has 17 rings (SSSR count). The van der Waals surface area contributed by atoms with E-state index < -0.39 is 122 Å². The van der Waals surface area contributed by atoms with Crippen molar-refractivity contribution in [2.45, 2.75) is 129 Å². The highest BCUT2D eigenvalue weighted by Gasteiger charge is 2.34. The number of halogens is 12. The average Bonchev–Trinajstić information content (AvgIpc) is 0.768. The molecule has 0 radical (unpaired) electrons. The zero-order valence-electron chi connectivity index (χ0n) is 76.7. The van der Waals surface area contributed by atoms with Crippen LogP contribution >= 0.6 is 0 Å². The number of carbonyl (C=O) groups excluding carboxylic acids is 3. The van der Waals surface area contributed by atoms with E-state index in [1.165, 1.54) is 125 Å². The maximum Gasteiger partial charge on any atom is 0.266 e. The first-order valence-electron chi connectivity index (χ1n) is 44.2. The summed E-state index contributed by atoms with van der Waals surface area (Å²) >= 11 is 0. The van der Waals surface area contributed by atoms with Crippen molar-refractivity contribution in [1.29, 1.82) is 4.78 Å². The predicted molar refractivity (Wildman–Crippen MR) is 508 cm³/mol. The van der Waals surface area contributed by atoms with Gasteiger partial charge in [-0.15, -0.1) is 9.41 Å². The van der Waals surface area contributed by atoms with Crippen molar-refractivity contribution in [2.75, 3.05) is 88.9 Å². The van der Waals surface area contributed by atoms with E-state index in [0.717, 1.165) is 54.8 Å². The summed E-state index contributed by atoms with van der Waals surface area (Å²) < 4.78 is 178. The molecule has 3 amide bonds. The number of piperidine rings is 2. The second-order valence-electron chi connectivity index (χ2n) is 34.1. The number of nitrogens with one attached hydrogen (secondary N) is 5. The number of fused-ring (bicyclic) bond motifs is 5. The quantitative estimate of drug-likeness (QED) is 0.0349. The summed E-state index contributed by atoms with van der Waals surface area (Å²) in [5, 5.41) is 14.1. The number of alkyl halides is 8. The fourth-order valence-corrected chi connectivity index (χ4v) is 18.7. The monoisotopic (exact) mass is 1930 g/mol. The van der Waals surface area contributed by atoms with Crippen LogP contribution in [-0.4, -0.2) is 149 Å². The van der Waals surface area contributed by atoms with Crippen LogP contribution in [0.15, 0.2) is 172 Å². The number of aromatic nitrogens is 12. The Morgan fingerprint density at radius 3 is 1.15 bits per heavy atom. The van der Waals surface area contributed by atoms with Crippen LogP contribution in [0.5, 0.6) is 0 Å². The van der Waals surface area contributed by atoms with E-state index in [1.807, 2.05) is 42.3 Å². The molecular formula is C97H99F12N21O7S. The number of anilines is 6. The Balaban J connectivity index is 0.000000147. The summed E-state index contributed by atoms with van der Waals surface area (Å²) in [6.45, 7) is 11.4. The molecule has 0 saturated carbocycles. The molecule has 5 aromatic carbocycles. The summed E-state index contributed by atoms with van der Waals surface area (Å²) in [7, 11) is 6.54. The number of likely N-dealkylation sites (N-methyl/N-ethyl adjacent to an activating group) is 1. The molecule has 0 aliphatic carbocycles. The van der Waals surface area contributed by atoms with Gasteiger partial charge >= 0.3 is 0 Å². The molecular weight excluding hydrogens is 1830 g/mol. The number of benzene rings is 5. The summed E-state index contributed by atoms with van der Waals surface area (Å²) in [5.74, 6) is 1.60. The second kappa shape index (κ2) is 42.1. The third-order valence-corrected chi connectivity index (χ3v) is 27.0. The van der Waals surface area contributed by atoms with Gasteiger partial charge in [0.2, 0.25) is 5.91 Å². The minimum Gasteiger partial charge on any atom is -0.371 e. The van der Waals surface area contributed by atoms with Crippen LogP contribution in [0.4, 0.5) is 87.3 Å². The Morgan fingerprint density at radius 2 is 0.775 bits per heavy atom. The van der Waals surface area contributed by atoms with Crippen molar-refractivity contribution in [1.82, 2.24) is 67.9 Å². The van der Waals surface area contributed by atoms with Gasteiger partial charge in [0.25, 0.3) is 59.8 Å². The first kappa shape index (κ1) is 99.6. The molecule has 138 heavy (non-hydrogen) atoms. The number of pyridine rings is 4. The number of hydrogen-bond donors (Lipinski definition) is 5. The summed E-state index contributed by atoms with van der Waals surface area (Å²) in [4.78, 5) is 132. The number of para-hydroxylation sites is 2. The number of carbonyl (C=O) groups is 3. The van der Waals surface area contributed by atoms with E-state index in [4.69, 9.17) is 4.78 Å². The van der Waals surface area contributed by atoms with Gasteiger partial charge < -0.3 is 40.9 Å². The second-order valence-corrected chi connectivity index (χ2v) is 37.0. The van der Waals surface area contributed by atoms with Gasteiger partial charge in [-0.25, -0.2) is 92.6 Å². The first-order chi connectivity index (χ1) is 65.7. The predicted octanol–water partition coefficient (Wildman–Crippen LogP) is 17.9. The lowest BCUT2D eigenvalue weighted by molar-refractivity contribution is -0.129. The number of hydrogen-bond acceptors (Lipinski definition) is 21. The molecule has 4 aliphatic rings. The maximum absolute atomic E-state index is 14.8. The van der Waals surface area contributed by atoms with Crippen LogP contribution in [-0.2, 0) is 42.4 Å². The van der Waals surface area contributed by atoms with Crippen LogP contribution in [0.25, 0.3) is 49.7 Å². The van der Waals surface area contributed by atoms with E-state index in [1.54, 1.807) is 68.6 Å². The molecule has 1 unspecified atom stereocenters. The smallest absolute Gasteiger partial charge is 0.266 e. The van der Waals surface area contributed by atoms with E-state index >= 15 is 0 Å². The highest BCUT2D eigenvalue weighted by Crippen LogP contribution is 2.40. The molecule has 8 aromatic heterocycles. The van der Waals surface area contributed by atoms with Gasteiger partial charge in [-0.1, -0.05) is 96.9 Å². The molecule has 724 valence electrons. The Morgan fingerprint density at radius 1 is 0.420 bits per heavy atom. The maximum atomic E-state index is 14.8. The number of aryl methyl sites for hydroxylation is 4. The molecule has 12 heterocycles. The standard InChI is InChI=1S/C27H25F3N6O2.C24H26F3N5O2.C23H24F3N5O2.C23H24F3N5OS/c1-15(16-7-6-8-17(22(16)28)23(29)30)33-24-18-13-19(26(37)35(3)25(18)32-14-31-24)27(38)36-12-11-34(2)20-9-4-5-10-21(20)36;1-13(16-5-4-6-17(20(16)25)21(26)27)30-22-19-11-18(15-7-9-32(10-8-15)14(2)33)24(34)31(3)23(19)29-12-28-22;1-13(14-7-6-8-15(18(14)24)19(25)26)29-20-16-11-17(23(33)31-9-4-3-5-10-31)22(32)30(2)21(16)28-12-27-20;1-13(15-5-4-6-16(19(15)24)20(25)26)30-21-18-11-17(14-7-9-33(3,27)10-8-14)23(32)31(2)22(18)29-12-28-21/h4-10,13-15,23H,11-12H2,1-3H3,(H,31,32,33);4-6,11-13,15,21H,7-10H2,1-3H3,(H,28,29,30);6-8,11-13,19H,3-5,9-10H2,1-2H3,(H,27,28,29);4-7,11-13,20,27H,3,8-10H2,1-2H3,(H,28,29,30)/t15-;2*13-;13-,33?/m1111/s1. The number of nitrogens with zero attached hydrogens (tertiary/aromatic N) is 16. The number of rotatable bonds is 20. The normalized spacial score (nSPS) is 16.0. The Labute approximate surface area is 783 Å². The van der Waals surface area contributed by atoms with E-state index in [0.29, 0.717) is 137 Å². The molecule has 5 atom stereocenters. The number of likely N-dealkylation sites (tertiary alicyclic amines) is 2. The van der Waals surface area contributed by atoms with E-state index in [-0.39, 0.29) is 79.5 Å². The van der Waals surface area contributed by atoms with Gasteiger partial charge in [0.15, 0.2) is 0 Å². The molecule has 0 bridgehead atoms. The number of allylic oxidation sites excluding steroid dienone is 1.